The van der Waals surface area contributed by atoms with Crippen molar-refractivity contribution in [1.29, 1.82) is 0 Å². The zero-order valence-electron chi connectivity index (χ0n) is 12.1. The zero-order valence-corrected chi connectivity index (χ0v) is 12.1. The fourth-order valence-corrected chi connectivity index (χ4v) is 4.37. The van der Waals surface area contributed by atoms with Crippen LogP contribution in [-0.4, -0.2) is 59.3 Å². The molecule has 1 saturated carbocycles. The average molecular weight is 252 g/mol. The number of rotatable bonds is 1. The summed E-state index contributed by atoms with van der Waals surface area (Å²) in [6.45, 7) is 6.79. The Labute approximate surface area is 111 Å². The van der Waals surface area contributed by atoms with E-state index in [-0.39, 0.29) is 11.5 Å². The second kappa shape index (κ2) is 4.46. The Bertz CT molecular complexity index is 318. The maximum atomic E-state index is 10.5. The molecule has 3 aliphatic rings. The van der Waals surface area contributed by atoms with Gasteiger partial charge in [0, 0.05) is 31.2 Å². The van der Waals surface area contributed by atoms with Crippen LogP contribution in [0.2, 0.25) is 0 Å². The van der Waals surface area contributed by atoms with Crippen molar-refractivity contribution in [3.63, 3.8) is 0 Å². The highest BCUT2D eigenvalue weighted by atomic mass is 16.3. The van der Waals surface area contributed by atoms with E-state index in [4.69, 9.17) is 0 Å². The molecule has 0 amide bonds. The number of hydrogen-bond acceptors (Lipinski definition) is 3. The van der Waals surface area contributed by atoms with E-state index in [0.717, 1.165) is 12.1 Å². The monoisotopic (exact) mass is 252 g/mol. The lowest BCUT2D eigenvalue weighted by atomic mass is 9.88. The molecule has 0 aromatic rings. The third-order valence-corrected chi connectivity index (χ3v) is 5.90. The molecule has 0 aromatic carbocycles. The number of likely N-dealkylation sites (tertiary alicyclic amines) is 1. The van der Waals surface area contributed by atoms with E-state index in [1.807, 2.05) is 0 Å². The molecular formula is C15H28N2O. The maximum absolute atomic E-state index is 10.5. The molecule has 0 radical (unpaired) electrons. The van der Waals surface area contributed by atoms with Gasteiger partial charge in [0.1, 0.15) is 0 Å². The minimum Gasteiger partial charge on any atom is -0.391 e. The van der Waals surface area contributed by atoms with Gasteiger partial charge in [-0.25, -0.2) is 0 Å². The van der Waals surface area contributed by atoms with Crippen molar-refractivity contribution >= 4 is 0 Å². The number of likely N-dealkylation sites (N-methyl/N-ethyl adjacent to an activating group) is 1. The van der Waals surface area contributed by atoms with Crippen molar-refractivity contribution in [2.24, 2.45) is 5.41 Å². The Morgan fingerprint density at radius 1 is 1.06 bits per heavy atom. The Hall–Kier alpha value is -0.120. The summed E-state index contributed by atoms with van der Waals surface area (Å²) < 4.78 is 0. The fraction of sp³-hybridized carbons (Fsp3) is 1.00. The van der Waals surface area contributed by atoms with Crippen molar-refractivity contribution in [1.82, 2.24) is 9.80 Å². The Balaban J connectivity index is 1.71. The summed E-state index contributed by atoms with van der Waals surface area (Å²) in [6.07, 6.45) is 6.22. The first-order valence-corrected chi connectivity index (χ1v) is 7.63. The van der Waals surface area contributed by atoms with Crippen LogP contribution in [0.25, 0.3) is 0 Å². The summed E-state index contributed by atoms with van der Waals surface area (Å²) in [5, 5.41) is 10.5. The van der Waals surface area contributed by atoms with Crippen LogP contribution in [0.4, 0.5) is 0 Å². The molecule has 2 aliphatic heterocycles. The predicted molar refractivity (Wildman–Crippen MR) is 73.6 cm³/mol. The molecule has 2 bridgehead atoms. The molecule has 104 valence electrons. The van der Waals surface area contributed by atoms with Crippen molar-refractivity contribution in [3.05, 3.63) is 0 Å². The number of aliphatic hydroxyl groups excluding tert-OH is 1. The summed E-state index contributed by atoms with van der Waals surface area (Å²) >= 11 is 0. The molecule has 0 spiro atoms. The summed E-state index contributed by atoms with van der Waals surface area (Å²) in [6, 6.07) is 1.94. The van der Waals surface area contributed by atoms with Gasteiger partial charge in [-0.05, 0) is 44.6 Å². The number of fused-ring (bicyclic) bond motifs is 2. The largest absolute Gasteiger partial charge is 0.391 e. The van der Waals surface area contributed by atoms with Crippen LogP contribution in [-0.2, 0) is 0 Å². The molecule has 3 fully saturated rings. The molecule has 18 heavy (non-hydrogen) atoms. The maximum Gasteiger partial charge on any atom is 0.0746 e. The highest BCUT2D eigenvalue weighted by Crippen LogP contribution is 2.41. The van der Waals surface area contributed by atoms with Gasteiger partial charge in [-0.2, -0.15) is 0 Å². The van der Waals surface area contributed by atoms with Gasteiger partial charge in [-0.3, -0.25) is 9.80 Å². The second-order valence-electron chi connectivity index (χ2n) is 7.37. The molecule has 3 rings (SSSR count). The van der Waals surface area contributed by atoms with E-state index in [1.54, 1.807) is 0 Å². The van der Waals surface area contributed by atoms with Crippen LogP contribution in [0.15, 0.2) is 0 Å². The van der Waals surface area contributed by atoms with Crippen molar-refractivity contribution < 1.29 is 5.11 Å². The number of aliphatic hydroxyl groups is 1. The smallest absolute Gasteiger partial charge is 0.0746 e. The first-order valence-electron chi connectivity index (χ1n) is 7.63. The summed E-state index contributed by atoms with van der Waals surface area (Å²) in [7, 11) is 2.29. The van der Waals surface area contributed by atoms with Gasteiger partial charge < -0.3 is 5.11 Å². The van der Waals surface area contributed by atoms with E-state index < -0.39 is 0 Å². The van der Waals surface area contributed by atoms with Gasteiger partial charge in [0.15, 0.2) is 0 Å². The molecule has 3 nitrogen and oxygen atoms in total. The van der Waals surface area contributed by atoms with Crippen molar-refractivity contribution in [3.8, 4) is 0 Å². The average Bonchev–Trinajstić information content (AvgIpc) is 2.69. The van der Waals surface area contributed by atoms with E-state index in [0.29, 0.717) is 6.04 Å². The van der Waals surface area contributed by atoms with Gasteiger partial charge in [0.2, 0.25) is 0 Å². The van der Waals surface area contributed by atoms with E-state index in [2.05, 4.69) is 30.7 Å². The highest BCUT2D eigenvalue weighted by Gasteiger charge is 2.45. The van der Waals surface area contributed by atoms with Crippen LogP contribution < -0.4 is 0 Å². The minimum absolute atomic E-state index is 0.113. The van der Waals surface area contributed by atoms with Crippen LogP contribution in [0, 0.1) is 5.41 Å². The standard InChI is InChI=1S/C15H28N2O/c1-15(2)8-6-13(14(15)18)17-9-7-11-4-5-12(10-17)16(11)3/h11-14,18H,4-10H2,1-3H3. The van der Waals surface area contributed by atoms with E-state index >= 15 is 0 Å². The van der Waals surface area contributed by atoms with Gasteiger partial charge in [0.05, 0.1) is 6.10 Å². The fourth-order valence-electron chi connectivity index (χ4n) is 4.37. The van der Waals surface area contributed by atoms with Crippen LogP contribution in [0.3, 0.4) is 0 Å². The molecule has 1 aliphatic carbocycles. The van der Waals surface area contributed by atoms with Crippen LogP contribution in [0.1, 0.15) is 46.0 Å². The second-order valence-corrected chi connectivity index (χ2v) is 7.37. The number of nitrogens with zero attached hydrogens (tertiary/aromatic N) is 2. The van der Waals surface area contributed by atoms with Gasteiger partial charge in [0.25, 0.3) is 0 Å². The van der Waals surface area contributed by atoms with Crippen LogP contribution >= 0.6 is 0 Å². The first kappa shape index (κ1) is 12.9. The lowest BCUT2D eigenvalue weighted by Gasteiger charge is -2.35. The zero-order chi connectivity index (χ0) is 12.9. The summed E-state index contributed by atoms with van der Waals surface area (Å²) in [4.78, 5) is 5.19. The Morgan fingerprint density at radius 3 is 2.44 bits per heavy atom. The summed E-state index contributed by atoms with van der Waals surface area (Å²) in [5.74, 6) is 0. The molecule has 2 saturated heterocycles. The summed E-state index contributed by atoms with van der Waals surface area (Å²) in [5.41, 5.74) is 0.113. The van der Waals surface area contributed by atoms with Crippen LogP contribution in [0.5, 0.6) is 0 Å². The molecule has 0 aromatic heterocycles. The first-order chi connectivity index (χ1) is 8.49. The molecular weight excluding hydrogens is 224 g/mol. The van der Waals surface area contributed by atoms with Gasteiger partial charge in [-0.1, -0.05) is 13.8 Å². The van der Waals surface area contributed by atoms with Gasteiger partial charge in [-0.15, -0.1) is 0 Å². The minimum atomic E-state index is -0.139. The normalized spacial score (nSPS) is 45.3. The molecule has 4 unspecified atom stereocenters. The molecule has 1 N–H and O–H groups in total. The highest BCUT2D eigenvalue weighted by molar-refractivity contribution is 5.00. The third-order valence-electron chi connectivity index (χ3n) is 5.90. The Morgan fingerprint density at radius 2 is 1.78 bits per heavy atom. The van der Waals surface area contributed by atoms with E-state index in [1.165, 1.54) is 45.2 Å². The third kappa shape index (κ3) is 2.00. The van der Waals surface area contributed by atoms with Crippen molar-refractivity contribution in [2.75, 3.05) is 20.1 Å². The predicted octanol–water partition coefficient (Wildman–Crippen LogP) is 1.70. The lowest BCUT2D eigenvalue weighted by Crippen LogP contribution is -2.47. The quantitative estimate of drug-likeness (QED) is 0.769. The Kier molecular flexibility index (Phi) is 3.20. The molecule has 2 heterocycles. The molecule has 3 heteroatoms. The SMILES string of the molecule is CN1C2CCC1CN(C1CCC(C)(C)C1O)CC2. The topological polar surface area (TPSA) is 26.7 Å². The molecule has 4 atom stereocenters. The van der Waals surface area contributed by atoms with Gasteiger partial charge >= 0.3 is 0 Å². The lowest BCUT2D eigenvalue weighted by molar-refractivity contribution is 0.0119. The van der Waals surface area contributed by atoms with Crippen molar-refractivity contribution in [2.45, 2.75) is 70.2 Å². The van der Waals surface area contributed by atoms with E-state index in [9.17, 15) is 5.11 Å². The number of hydrogen-bond donors (Lipinski definition) is 1.